The van der Waals surface area contributed by atoms with Crippen LogP contribution in [0.25, 0.3) is 22.6 Å². The van der Waals surface area contributed by atoms with E-state index in [1.807, 2.05) is 12.1 Å². The van der Waals surface area contributed by atoms with Gasteiger partial charge in [-0.2, -0.15) is 0 Å². The first kappa shape index (κ1) is 11.3. The maximum absolute atomic E-state index is 4.68. The Morgan fingerprint density at radius 1 is 1.05 bits per heavy atom. The Labute approximate surface area is 115 Å². The number of hydrogen-bond acceptors (Lipinski definition) is 5. The number of rotatable bonds is 2. The number of fused-ring (bicyclic) bond motifs is 1. The summed E-state index contributed by atoms with van der Waals surface area (Å²) in [4.78, 5) is 22.9. The number of nitrogens with zero attached hydrogens (tertiary/aromatic N) is 5. The summed E-state index contributed by atoms with van der Waals surface area (Å²) in [6.07, 6.45) is 7.55. The van der Waals surface area contributed by atoms with Crippen LogP contribution in [-0.4, -0.2) is 38.0 Å². The minimum absolute atomic E-state index is 0.786. The van der Waals surface area contributed by atoms with Gasteiger partial charge >= 0.3 is 0 Å². The molecule has 6 nitrogen and oxygen atoms in total. The van der Waals surface area contributed by atoms with Crippen LogP contribution in [0.3, 0.4) is 0 Å². The second kappa shape index (κ2) is 4.56. The Morgan fingerprint density at radius 3 is 2.65 bits per heavy atom. The highest BCUT2D eigenvalue weighted by molar-refractivity contribution is 5.86. The molecule has 0 radical (unpaired) electrons. The molecule has 1 aliphatic rings. The van der Waals surface area contributed by atoms with Crippen molar-refractivity contribution >= 4 is 17.0 Å². The second-order valence-electron chi connectivity index (χ2n) is 4.91. The van der Waals surface area contributed by atoms with Gasteiger partial charge in [0.1, 0.15) is 12.2 Å². The van der Waals surface area contributed by atoms with Crippen molar-refractivity contribution in [2.24, 2.45) is 0 Å². The Balaban J connectivity index is 1.85. The molecule has 3 aromatic heterocycles. The number of aromatic nitrogens is 5. The summed E-state index contributed by atoms with van der Waals surface area (Å²) in [7, 11) is 0. The molecule has 1 fully saturated rings. The quantitative estimate of drug-likeness (QED) is 0.768. The number of H-pyrrole nitrogens is 1. The number of anilines is 1. The SMILES string of the molecule is c1cc(-c2nc3c(N4CCCC4)ncnc3[nH]2)ccn1. The third-order valence-electron chi connectivity index (χ3n) is 3.62. The van der Waals surface area contributed by atoms with Crippen molar-refractivity contribution in [3.63, 3.8) is 0 Å². The van der Waals surface area contributed by atoms with Crippen molar-refractivity contribution in [2.45, 2.75) is 12.8 Å². The molecular weight excluding hydrogens is 252 g/mol. The Hall–Kier alpha value is -2.50. The van der Waals surface area contributed by atoms with E-state index >= 15 is 0 Å². The lowest BCUT2D eigenvalue weighted by Crippen LogP contribution is -2.19. The molecule has 20 heavy (non-hydrogen) atoms. The molecule has 0 aromatic carbocycles. The molecule has 0 saturated carbocycles. The van der Waals surface area contributed by atoms with Crippen LogP contribution in [0.15, 0.2) is 30.9 Å². The lowest BCUT2D eigenvalue weighted by molar-refractivity contribution is 0.936. The Bertz CT molecular complexity index is 730. The van der Waals surface area contributed by atoms with Crippen LogP contribution < -0.4 is 4.90 Å². The molecule has 4 heterocycles. The van der Waals surface area contributed by atoms with Crippen LogP contribution >= 0.6 is 0 Å². The summed E-state index contributed by atoms with van der Waals surface area (Å²) in [5.74, 6) is 1.74. The Kier molecular flexibility index (Phi) is 2.58. The predicted molar refractivity (Wildman–Crippen MR) is 76.4 cm³/mol. The highest BCUT2D eigenvalue weighted by Crippen LogP contribution is 2.26. The van der Waals surface area contributed by atoms with E-state index in [2.05, 4.69) is 29.8 Å². The van der Waals surface area contributed by atoms with Gasteiger partial charge < -0.3 is 9.88 Å². The zero-order valence-electron chi connectivity index (χ0n) is 11.0. The summed E-state index contributed by atoms with van der Waals surface area (Å²) in [6, 6.07) is 3.86. The maximum Gasteiger partial charge on any atom is 0.163 e. The van der Waals surface area contributed by atoms with Crippen molar-refractivity contribution in [1.29, 1.82) is 0 Å². The Morgan fingerprint density at radius 2 is 1.85 bits per heavy atom. The minimum Gasteiger partial charge on any atom is -0.355 e. The maximum atomic E-state index is 4.68. The van der Waals surface area contributed by atoms with Gasteiger partial charge in [0.25, 0.3) is 0 Å². The minimum atomic E-state index is 0.786. The van der Waals surface area contributed by atoms with Crippen LogP contribution in [0, 0.1) is 0 Å². The molecule has 1 N–H and O–H groups in total. The van der Waals surface area contributed by atoms with Crippen LogP contribution in [0.2, 0.25) is 0 Å². The summed E-state index contributed by atoms with van der Waals surface area (Å²) in [6.45, 7) is 2.09. The van der Waals surface area contributed by atoms with Gasteiger partial charge in [0.2, 0.25) is 0 Å². The van der Waals surface area contributed by atoms with Gasteiger partial charge in [0.15, 0.2) is 17.0 Å². The van der Waals surface area contributed by atoms with E-state index in [9.17, 15) is 0 Å². The van der Waals surface area contributed by atoms with Crippen LogP contribution in [0.1, 0.15) is 12.8 Å². The van der Waals surface area contributed by atoms with E-state index in [4.69, 9.17) is 0 Å². The zero-order chi connectivity index (χ0) is 13.4. The first-order valence-corrected chi connectivity index (χ1v) is 6.78. The number of nitrogens with one attached hydrogen (secondary N) is 1. The third-order valence-corrected chi connectivity index (χ3v) is 3.62. The van der Waals surface area contributed by atoms with Crippen LogP contribution in [-0.2, 0) is 0 Å². The normalized spacial score (nSPS) is 15.1. The van der Waals surface area contributed by atoms with Crippen molar-refractivity contribution < 1.29 is 0 Å². The summed E-state index contributed by atoms with van der Waals surface area (Å²) in [5, 5.41) is 0. The molecule has 100 valence electrons. The first-order chi connectivity index (χ1) is 9.92. The van der Waals surface area contributed by atoms with E-state index in [1.54, 1.807) is 18.7 Å². The van der Waals surface area contributed by atoms with Gasteiger partial charge in [-0.15, -0.1) is 0 Å². The molecule has 6 heteroatoms. The summed E-state index contributed by atoms with van der Waals surface area (Å²) >= 11 is 0. The second-order valence-corrected chi connectivity index (χ2v) is 4.91. The molecule has 0 unspecified atom stereocenters. The van der Waals surface area contributed by atoms with Crippen molar-refractivity contribution in [3.05, 3.63) is 30.9 Å². The van der Waals surface area contributed by atoms with Crippen LogP contribution in [0.5, 0.6) is 0 Å². The molecular formula is C14H14N6. The van der Waals surface area contributed by atoms with Gasteiger partial charge in [0.05, 0.1) is 0 Å². The van der Waals surface area contributed by atoms with Crippen LogP contribution in [0.4, 0.5) is 5.82 Å². The van der Waals surface area contributed by atoms with Gasteiger partial charge in [0, 0.05) is 31.0 Å². The fourth-order valence-corrected chi connectivity index (χ4v) is 2.62. The standard InChI is InChI=1S/C14H14N6/c1-2-8-20(7-1)14-11-13(16-9-17-14)19-12(18-11)10-3-5-15-6-4-10/h3-6,9H,1-2,7-8H2,(H,16,17,18,19). The molecule has 0 spiro atoms. The zero-order valence-corrected chi connectivity index (χ0v) is 11.0. The predicted octanol–water partition coefficient (Wildman–Crippen LogP) is 2.02. The van der Waals surface area contributed by atoms with Gasteiger partial charge in [-0.25, -0.2) is 15.0 Å². The molecule has 1 aliphatic heterocycles. The summed E-state index contributed by atoms with van der Waals surface area (Å²) < 4.78 is 0. The highest BCUT2D eigenvalue weighted by atomic mass is 15.2. The highest BCUT2D eigenvalue weighted by Gasteiger charge is 2.19. The van der Waals surface area contributed by atoms with E-state index in [0.717, 1.165) is 41.5 Å². The molecule has 1 saturated heterocycles. The number of pyridine rings is 1. The smallest absolute Gasteiger partial charge is 0.163 e. The fraction of sp³-hybridized carbons (Fsp3) is 0.286. The molecule has 0 atom stereocenters. The lowest BCUT2D eigenvalue weighted by atomic mass is 10.2. The monoisotopic (exact) mass is 266 g/mol. The van der Waals surface area contributed by atoms with Gasteiger partial charge in [-0.1, -0.05) is 0 Å². The number of aromatic amines is 1. The lowest BCUT2D eigenvalue weighted by Gasteiger charge is -2.15. The number of hydrogen-bond donors (Lipinski definition) is 1. The largest absolute Gasteiger partial charge is 0.355 e. The van der Waals surface area contributed by atoms with E-state index in [0.29, 0.717) is 0 Å². The third kappa shape index (κ3) is 1.80. The van der Waals surface area contributed by atoms with E-state index < -0.39 is 0 Å². The molecule has 4 rings (SSSR count). The first-order valence-electron chi connectivity index (χ1n) is 6.78. The average Bonchev–Trinajstić information content (AvgIpc) is 3.17. The van der Waals surface area contributed by atoms with Crippen molar-refractivity contribution in [1.82, 2.24) is 24.9 Å². The average molecular weight is 266 g/mol. The van der Waals surface area contributed by atoms with Gasteiger partial charge in [-0.3, -0.25) is 4.98 Å². The molecule has 0 bridgehead atoms. The van der Waals surface area contributed by atoms with E-state index in [1.165, 1.54) is 12.8 Å². The fourth-order valence-electron chi connectivity index (χ4n) is 2.62. The topological polar surface area (TPSA) is 70.6 Å². The van der Waals surface area contributed by atoms with Crippen molar-refractivity contribution in [2.75, 3.05) is 18.0 Å². The summed E-state index contributed by atoms with van der Waals surface area (Å²) in [5.41, 5.74) is 2.64. The number of imidazole rings is 1. The molecule has 0 amide bonds. The van der Waals surface area contributed by atoms with Gasteiger partial charge in [-0.05, 0) is 25.0 Å². The molecule has 0 aliphatic carbocycles. The molecule has 3 aromatic rings. The van der Waals surface area contributed by atoms with E-state index in [-0.39, 0.29) is 0 Å². The van der Waals surface area contributed by atoms with Crippen molar-refractivity contribution in [3.8, 4) is 11.4 Å².